The highest BCUT2D eigenvalue weighted by molar-refractivity contribution is 5.90. The van der Waals surface area contributed by atoms with Gasteiger partial charge in [-0.15, -0.1) is 0 Å². The molecule has 1 aromatic heterocycles. The van der Waals surface area contributed by atoms with Crippen molar-refractivity contribution in [2.45, 2.75) is 13.0 Å². The second kappa shape index (κ2) is 9.80. The first-order chi connectivity index (χ1) is 15.3. The smallest absolute Gasteiger partial charge is 0.225 e. The van der Waals surface area contributed by atoms with E-state index in [0.717, 1.165) is 46.7 Å². The Bertz CT molecular complexity index is 1150. The van der Waals surface area contributed by atoms with Gasteiger partial charge in [0.25, 0.3) is 0 Å². The minimum absolute atomic E-state index is 0.606. The standard InChI is InChI=1S/C25H26N4O2/c1-30-20-13-11-18(12-14-20)15-16-26-25-28-22-9-5-4-8-21(22)24(29-25)27-17-19-7-3-6-10-23(19)31-2/h3-14H,15-17H2,1-2H3,(H2,26,27,28,29). The summed E-state index contributed by atoms with van der Waals surface area (Å²) in [7, 11) is 3.36. The van der Waals surface area contributed by atoms with E-state index in [1.807, 2.05) is 60.7 Å². The maximum atomic E-state index is 5.46. The molecule has 1 heterocycles. The largest absolute Gasteiger partial charge is 0.497 e. The second-order valence-corrected chi connectivity index (χ2v) is 7.10. The molecular formula is C25H26N4O2. The van der Waals surface area contributed by atoms with Crippen LogP contribution in [0.15, 0.2) is 72.8 Å². The Morgan fingerprint density at radius 3 is 2.35 bits per heavy atom. The van der Waals surface area contributed by atoms with E-state index in [2.05, 4.69) is 27.8 Å². The number of para-hydroxylation sites is 2. The van der Waals surface area contributed by atoms with Crippen LogP contribution in [0, 0.1) is 0 Å². The summed E-state index contributed by atoms with van der Waals surface area (Å²) in [5.41, 5.74) is 3.19. The van der Waals surface area contributed by atoms with Gasteiger partial charge in [0, 0.05) is 24.0 Å². The summed E-state index contributed by atoms with van der Waals surface area (Å²) in [5, 5.41) is 7.80. The van der Waals surface area contributed by atoms with Crippen LogP contribution in [0.2, 0.25) is 0 Å². The zero-order valence-corrected chi connectivity index (χ0v) is 17.8. The Balaban J connectivity index is 1.49. The monoisotopic (exact) mass is 414 g/mol. The molecule has 0 atom stereocenters. The Morgan fingerprint density at radius 2 is 1.55 bits per heavy atom. The molecule has 0 fully saturated rings. The normalized spacial score (nSPS) is 10.6. The third-order valence-corrected chi connectivity index (χ3v) is 5.10. The molecule has 0 aliphatic carbocycles. The van der Waals surface area contributed by atoms with Crippen molar-refractivity contribution in [3.63, 3.8) is 0 Å². The van der Waals surface area contributed by atoms with Gasteiger partial charge in [0.15, 0.2) is 0 Å². The van der Waals surface area contributed by atoms with Crippen molar-refractivity contribution < 1.29 is 9.47 Å². The first kappa shape index (κ1) is 20.5. The second-order valence-electron chi connectivity index (χ2n) is 7.10. The number of anilines is 2. The number of benzene rings is 3. The average molecular weight is 415 g/mol. The first-order valence-electron chi connectivity index (χ1n) is 10.3. The molecule has 0 saturated carbocycles. The molecule has 6 nitrogen and oxygen atoms in total. The summed E-state index contributed by atoms with van der Waals surface area (Å²) in [6.07, 6.45) is 0.865. The van der Waals surface area contributed by atoms with Crippen LogP contribution in [0.4, 0.5) is 11.8 Å². The fourth-order valence-corrected chi connectivity index (χ4v) is 3.43. The van der Waals surface area contributed by atoms with Crippen LogP contribution in [0.25, 0.3) is 10.9 Å². The Hall–Kier alpha value is -3.80. The summed E-state index contributed by atoms with van der Waals surface area (Å²) in [4.78, 5) is 9.41. The van der Waals surface area contributed by atoms with Crippen molar-refractivity contribution in [1.29, 1.82) is 0 Å². The van der Waals surface area contributed by atoms with Gasteiger partial charge < -0.3 is 20.1 Å². The number of aromatic nitrogens is 2. The minimum atomic E-state index is 0.606. The number of ether oxygens (including phenoxy) is 2. The molecule has 0 unspecified atom stereocenters. The van der Waals surface area contributed by atoms with Gasteiger partial charge in [-0.2, -0.15) is 4.98 Å². The maximum absolute atomic E-state index is 5.46. The zero-order valence-electron chi connectivity index (χ0n) is 17.8. The predicted octanol–water partition coefficient (Wildman–Crippen LogP) is 4.91. The van der Waals surface area contributed by atoms with Gasteiger partial charge in [0.1, 0.15) is 17.3 Å². The third-order valence-electron chi connectivity index (χ3n) is 5.10. The average Bonchev–Trinajstić information content (AvgIpc) is 2.83. The lowest BCUT2D eigenvalue weighted by Gasteiger charge is -2.13. The van der Waals surface area contributed by atoms with Crippen molar-refractivity contribution in [2.24, 2.45) is 0 Å². The van der Waals surface area contributed by atoms with Crippen LogP contribution < -0.4 is 20.1 Å². The van der Waals surface area contributed by atoms with Gasteiger partial charge in [0.05, 0.1) is 19.7 Å². The molecule has 31 heavy (non-hydrogen) atoms. The lowest BCUT2D eigenvalue weighted by Crippen LogP contribution is -2.10. The summed E-state index contributed by atoms with van der Waals surface area (Å²) in [6, 6.07) is 24.1. The maximum Gasteiger partial charge on any atom is 0.225 e. The Morgan fingerprint density at radius 1 is 0.774 bits per heavy atom. The Labute approximate surface area is 182 Å². The van der Waals surface area contributed by atoms with Gasteiger partial charge in [-0.1, -0.05) is 42.5 Å². The van der Waals surface area contributed by atoms with E-state index in [4.69, 9.17) is 14.5 Å². The van der Waals surface area contributed by atoms with Gasteiger partial charge in [-0.25, -0.2) is 4.98 Å². The molecule has 0 saturated heterocycles. The quantitative estimate of drug-likeness (QED) is 0.405. The lowest BCUT2D eigenvalue weighted by molar-refractivity contribution is 0.410. The molecule has 0 bridgehead atoms. The van der Waals surface area contributed by atoms with Crippen LogP contribution in [0.5, 0.6) is 11.5 Å². The molecule has 3 aromatic carbocycles. The van der Waals surface area contributed by atoms with Crippen LogP contribution in [-0.2, 0) is 13.0 Å². The molecule has 6 heteroatoms. The third kappa shape index (κ3) is 5.04. The molecule has 2 N–H and O–H groups in total. The number of nitrogens with one attached hydrogen (secondary N) is 2. The van der Waals surface area contributed by atoms with Crippen LogP contribution in [0.1, 0.15) is 11.1 Å². The number of fused-ring (bicyclic) bond motifs is 1. The van der Waals surface area contributed by atoms with Crippen LogP contribution >= 0.6 is 0 Å². The van der Waals surface area contributed by atoms with Gasteiger partial charge >= 0.3 is 0 Å². The number of hydrogen-bond donors (Lipinski definition) is 2. The highest BCUT2D eigenvalue weighted by Gasteiger charge is 2.09. The van der Waals surface area contributed by atoms with Gasteiger partial charge in [-0.05, 0) is 42.3 Å². The van der Waals surface area contributed by atoms with E-state index in [1.165, 1.54) is 5.56 Å². The minimum Gasteiger partial charge on any atom is -0.497 e. The molecule has 0 spiro atoms. The number of rotatable bonds is 9. The van der Waals surface area contributed by atoms with E-state index in [0.29, 0.717) is 12.5 Å². The number of hydrogen-bond acceptors (Lipinski definition) is 6. The molecular weight excluding hydrogens is 388 g/mol. The van der Waals surface area contributed by atoms with Crippen molar-refractivity contribution >= 4 is 22.7 Å². The van der Waals surface area contributed by atoms with E-state index in [9.17, 15) is 0 Å². The van der Waals surface area contributed by atoms with Crippen molar-refractivity contribution in [2.75, 3.05) is 31.4 Å². The fraction of sp³-hybridized carbons (Fsp3) is 0.200. The summed E-state index contributed by atoms with van der Waals surface area (Å²) < 4.78 is 10.7. The summed E-state index contributed by atoms with van der Waals surface area (Å²) >= 11 is 0. The highest BCUT2D eigenvalue weighted by atomic mass is 16.5. The Kier molecular flexibility index (Phi) is 6.47. The molecule has 0 aliphatic heterocycles. The summed E-state index contributed by atoms with van der Waals surface area (Å²) in [6.45, 7) is 1.34. The lowest BCUT2D eigenvalue weighted by atomic mass is 10.1. The predicted molar refractivity (Wildman–Crippen MR) is 125 cm³/mol. The molecule has 4 aromatic rings. The van der Waals surface area contributed by atoms with Crippen molar-refractivity contribution in [3.05, 3.63) is 83.9 Å². The van der Waals surface area contributed by atoms with Crippen molar-refractivity contribution in [1.82, 2.24) is 9.97 Å². The molecule has 0 aliphatic rings. The zero-order chi connectivity index (χ0) is 21.5. The van der Waals surface area contributed by atoms with E-state index in [-0.39, 0.29) is 0 Å². The molecule has 158 valence electrons. The number of nitrogens with zero attached hydrogens (tertiary/aromatic N) is 2. The topological polar surface area (TPSA) is 68.3 Å². The fourth-order valence-electron chi connectivity index (χ4n) is 3.43. The van der Waals surface area contributed by atoms with Gasteiger partial charge in [0.2, 0.25) is 5.95 Å². The molecule has 0 radical (unpaired) electrons. The van der Waals surface area contributed by atoms with Crippen molar-refractivity contribution in [3.8, 4) is 11.5 Å². The van der Waals surface area contributed by atoms with E-state index >= 15 is 0 Å². The molecule has 4 rings (SSSR count). The van der Waals surface area contributed by atoms with E-state index in [1.54, 1.807) is 14.2 Å². The van der Waals surface area contributed by atoms with Crippen LogP contribution in [-0.4, -0.2) is 30.7 Å². The summed E-state index contributed by atoms with van der Waals surface area (Å²) in [5.74, 6) is 3.12. The molecule has 0 amide bonds. The van der Waals surface area contributed by atoms with E-state index < -0.39 is 0 Å². The van der Waals surface area contributed by atoms with Gasteiger partial charge in [-0.3, -0.25) is 0 Å². The number of methoxy groups -OCH3 is 2. The first-order valence-corrected chi connectivity index (χ1v) is 10.3. The SMILES string of the molecule is COc1ccc(CCNc2nc(NCc3ccccc3OC)c3ccccc3n2)cc1. The highest BCUT2D eigenvalue weighted by Crippen LogP contribution is 2.24. The van der Waals surface area contributed by atoms with Crippen LogP contribution in [0.3, 0.4) is 0 Å².